The lowest BCUT2D eigenvalue weighted by Crippen LogP contribution is -2.36. The Balaban J connectivity index is 1.85. The van der Waals surface area contributed by atoms with Crippen LogP contribution in [-0.2, 0) is 4.74 Å². The fourth-order valence-electron chi connectivity index (χ4n) is 2.65. The van der Waals surface area contributed by atoms with Gasteiger partial charge in [-0.25, -0.2) is 4.79 Å². The Kier molecular flexibility index (Phi) is 3.35. The molecule has 21 heavy (non-hydrogen) atoms. The van der Waals surface area contributed by atoms with Gasteiger partial charge in [-0.05, 0) is 45.7 Å². The van der Waals surface area contributed by atoms with Crippen molar-refractivity contribution >= 4 is 17.2 Å². The highest BCUT2D eigenvalue weighted by molar-refractivity contribution is 5.74. The van der Waals surface area contributed by atoms with Crippen LogP contribution in [0.4, 0.5) is 4.79 Å². The van der Waals surface area contributed by atoms with Gasteiger partial charge in [-0.2, -0.15) is 0 Å². The van der Waals surface area contributed by atoms with Gasteiger partial charge >= 0.3 is 6.09 Å². The normalized spacial score (nSPS) is 19.2. The standard InChI is InChI=1S/C16H20N2O3/c1-16(2,3)21-15(19)18-9-5-6-12(18)14-10-11-13(20-14)7-4-8-17-11/h4,7-8,10,12H,5-6,9H2,1-3H3/t12-/m0/s1. The second-order valence-corrected chi connectivity index (χ2v) is 6.37. The van der Waals surface area contributed by atoms with Crippen LogP contribution < -0.4 is 0 Å². The maximum Gasteiger partial charge on any atom is 0.410 e. The van der Waals surface area contributed by atoms with E-state index in [1.54, 1.807) is 11.1 Å². The molecular formula is C16H20N2O3. The van der Waals surface area contributed by atoms with Crippen molar-refractivity contribution in [3.63, 3.8) is 0 Å². The molecule has 1 saturated heterocycles. The molecule has 112 valence electrons. The van der Waals surface area contributed by atoms with Crippen LogP contribution in [0.1, 0.15) is 45.4 Å². The summed E-state index contributed by atoms with van der Waals surface area (Å²) < 4.78 is 11.3. The van der Waals surface area contributed by atoms with Crippen LogP contribution in [0.3, 0.4) is 0 Å². The maximum absolute atomic E-state index is 12.3. The molecule has 5 heteroatoms. The third kappa shape index (κ3) is 2.86. The van der Waals surface area contributed by atoms with E-state index in [0.717, 1.165) is 29.7 Å². The Hall–Kier alpha value is -2.04. The number of hydrogen-bond acceptors (Lipinski definition) is 4. The van der Waals surface area contributed by atoms with Gasteiger partial charge in [0.15, 0.2) is 5.58 Å². The predicted octanol–water partition coefficient (Wildman–Crippen LogP) is 3.90. The lowest BCUT2D eigenvalue weighted by Gasteiger charge is -2.27. The lowest BCUT2D eigenvalue weighted by molar-refractivity contribution is 0.0209. The fraction of sp³-hybridized carbons (Fsp3) is 0.500. The third-order valence-electron chi connectivity index (χ3n) is 3.52. The number of rotatable bonds is 1. The van der Waals surface area contributed by atoms with E-state index in [0.29, 0.717) is 6.54 Å². The highest BCUT2D eigenvalue weighted by Gasteiger charge is 2.35. The van der Waals surface area contributed by atoms with Crippen molar-refractivity contribution in [3.8, 4) is 0 Å². The van der Waals surface area contributed by atoms with Crippen molar-refractivity contribution in [2.24, 2.45) is 0 Å². The molecule has 0 N–H and O–H groups in total. The summed E-state index contributed by atoms with van der Waals surface area (Å²) in [5, 5.41) is 0. The molecule has 0 spiro atoms. The second kappa shape index (κ2) is 5.06. The molecule has 0 unspecified atom stereocenters. The number of pyridine rings is 1. The number of ether oxygens (including phenoxy) is 1. The highest BCUT2D eigenvalue weighted by Crippen LogP contribution is 2.35. The number of likely N-dealkylation sites (tertiary alicyclic amines) is 1. The van der Waals surface area contributed by atoms with Gasteiger partial charge in [0.1, 0.15) is 16.9 Å². The van der Waals surface area contributed by atoms with Crippen LogP contribution in [0, 0.1) is 0 Å². The summed E-state index contributed by atoms with van der Waals surface area (Å²) in [5.41, 5.74) is 1.09. The second-order valence-electron chi connectivity index (χ2n) is 6.37. The molecule has 0 radical (unpaired) electrons. The number of amides is 1. The first-order valence-corrected chi connectivity index (χ1v) is 7.28. The molecule has 3 heterocycles. The average Bonchev–Trinajstić information content (AvgIpc) is 3.02. The van der Waals surface area contributed by atoms with Gasteiger partial charge in [-0.15, -0.1) is 0 Å². The van der Waals surface area contributed by atoms with E-state index in [4.69, 9.17) is 9.15 Å². The fourth-order valence-corrected chi connectivity index (χ4v) is 2.65. The number of carbonyl (C=O) groups is 1. The van der Waals surface area contributed by atoms with Crippen molar-refractivity contribution in [1.82, 2.24) is 9.88 Å². The van der Waals surface area contributed by atoms with Gasteiger partial charge < -0.3 is 9.15 Å². The molecule has 2 aromatic rings. The molecule has 0 bridgehead atoms. The van der Waals surface area contributed by atoms with Crippen LogP contribution in [-0.4, -0.2) is 28.1 Å². The molecule has 3 rings (SSSR count). The van der Waals surface area contributed by atoms with E-state index < -0.39 is 5.60 Å². The van der Waals surface area contributed by atoms with E-state index in [1.165, 1.54) is 0 Å². The van der Waals surface area contributed by atoms with Gasteiger partial charge in [0, 0.05) is 18.8 Å². The monoisotopic (exact) mass is 288 g/mol. The van der Waals surface area contributed by atoms with Crippen LogP contribution in [0.2, 0.25) is 0 Å². The Morgan fingerprint density at radius 3 is 3.00 bits per heavy atom. The molecule has 0 saturated carbocycles. The minimum atomic E-state index is -0.486. The molecule has 5 nitrogen and oxygen atoms in total. The van der Waals surface area contributed by atoms with E-state index >= 15 is 0 Å². The summed E-state index contributed by atoms with van der Waals surface area (Å²) >= 11 is 0. The molecule has 1 fully saturated rings. The molecule has 0 aromatic carbocycles. The van der Waals surface area contributed by atoms with E-state index in [9.17, 15) is 4.79 Å². The van der Waals surface area contributed by atoms with Gasteiger partial charge in [0.05, 0.1) is 6.04 Å². The quantitative estimate of drug-likeness (QED) is 0.798. The van der Waals surface area contributed by atoms with Crippen LogP contribution in [0.5, 0.6) is 0 Å². The lowest BCUT2D eigenvalue weighted by atomic mass is 10.1. The van der Waals surface area contributed by atoms with Crippen LogP contribution in [0.25, 0.3) is 11.1 Å². The smallest absolute Gasteiger partial charge is 0.410 e. The molecule has 1 atom stereocenters. The average molecular weight is 288 g/mol. The summed E-state index contributed by atoms with van der Waals surface area (Å²) in [6.07, 6.45) is 3.30. The van der Waals surface area contributed by atoms with Crippen molar-refractivity contribution < 1.29 is 13.9 Å². The zero-order chi connectivity index (χ0) is 15.0. The molecule has 1 aliphatic rings. The number of nitrogens with zero attached hydrogens (tertiary/aromatic N) is 2. The molecule has 1 aliphatic heterocycles. The first-order valence-electron chi connectivity index (χ1n) is 7.28. The summed E-state index contributed by atoms with van der Waals surface area (Å²) in [4.78, 5) is 18.3. The maximum atomic E-state index is 12.3. The summed E-state index contributed by atoms with van der Waals surface area (Å²) in [5.74, 6) is 0.784. The largest absolute Gasteiger partial charge is 0.457 e. The van der Waals surface area contributed by atoms with Gasteiger partial charge in [-0.1, -0.05) is 0 Å². The molecular weight excluding hydrogens is 268 g/mol. The first kappa shape index (κ1) is 13.9. The Labute approximate surface area is 123 Å². The van der Waals surface area contributed by atoms with Crippen molar-refractivity contribution in [1.29, 1.82) is 0 Å². The van der Waals surface area contributed by atoms with Crippen molar-refractivity contribution in [2.75, 3.05) is 6.54 Å². The van der Waals surface area contributed by atoms with Gasteiger partial charge in [-0.3, -0.25) is 9.88 Å². The number of fused-ring (bicyclic) bond motifs is 1. The first-order chi connectivity index (χ1) is 9.94. The summed E-state index contributed by atoms with van der Waals surface area (Å²) in [7, 11) is 0. The number of furan rings is 1. The van der Waals surface area contributed by atoms with E-state index in [1.807, 2.05) is 39.0 Å². The van der Waals surface area contributed by atoms with E-state index in [-0.39, 0.29) is 12.1 Å². The number of carbonyl (C=O) groups excluding carboxylic acids is 1. The molecule has 1 amide bonds. The van der Waals surface area contributed by atoms with Crippen molar-refractivity contribution in [3.05, 3.63) is 30.2 Å². The van der Waals surface area contributed by atoms with E-state index in [2.05, 4.69) is 4.98 Å². The minimum Gasteiger partial charge on any atom is -0.457 e. The highest BCUT2D eigenvalue weighted by atomic mass is 16.6. The topological polar surface area (TPSA) is 55.6 Å². The zero-order valence-corrected chi connectivity index (χ0v) is 12.6. The summed E-state index contributed by atoms with van der Waals surface area (Å²) in [6, 6.07) is 5.59. The van der Waals surface area contributed by atoms with Gasteiger partial charge in [0.25, 0.3) is 0 Å². The molecule has 0 aliphatic carbocycles. The third-order valence-corrected chi connectivity index (χ3v) is 3.52. The zero-order valence-electron chi connectivity index (χ0n) is 12.6. The van der Waals surface area contributed by atoms with Crippen LogP contribution in [0.15, 0.2) is 28.8 Å². The van der Waals surface area contributed by atoms with Crippen molar-refractivity contribution in [2.45, 2.75) is 45.3 Å². The Morgan fingerprint density at radius 1 is 1.48 bits per heavy atom. The number of aromatic nitrogens is 1. The minimum absolute atomic E-state index is 0.0611. The van der Waals surface area contributed by atoms with Gasteiger partial charge in [0.2, 0.25) is 0 Å². The predicted molar refractivity (Wildman–Crippen MR) is 78.9 cm³/mol. The number of hydrogen-bond donors (Lipinski definition) is 0. The summed E-state index contributed by atoms with van der Waals surface area (Å²) in [6.45, 7) is 6.33. The van der Waals surface area contributed by atoms with Crippen LogP contribution >= 0.6 is 0 Å². The Morgan fingerprint density at radius 2 is 2.29 bits per heavy atom. The molecule has 2 aromatic heterocycles. The SMILES string of the molecule is CC(C)(C)OC(=O)N1CCC[C@H]1c1cc2ncccc2o1. The Bertz CT molecular complexity index is 624.